The van der Waals surface area contributed by atoms with E-state index in [0.717, 1.165) is 6.42 Å². The molecule has 3 aliphatic rings. The Kier molecular flexibility index (Phi) is 0.854. The molecular formula is C7H10O3. The third-order valence-electron chi connectivity index (χ3n) is 2.82. The smallest absolute Gasteiger partial charge is 0.184 e. The summed E-state index contributed by atoms with van der Waals surface area (Å²) in [5, 5.41) is 9.46. The lowest BCUT2D eigenvalue weighted by Gasteiger charge is -2.22. The molecule has 0 amide bonds. The van der Waals surface area contributed by atoms with Crippen LogP contribution in [0.25, 0.3) is 0 Å². The number of ether oxygens (including phenoxy) is 2. The van der Waals surface area contributed by atoms with Gasteiger partial charge in [-0.2, -0.15) is 0 Å². The highest BCUT2D eigenvalue weighted by Crippen LogP contribution is 2.52. The summed E-state index contributed by atoms with van der Waals surface area (Å²) in [4.78, 5) is 0. The Balaban J connectivity index is 1.91. The molecule has 3 heteroatoms. The fraction of sp³-hybridized carbons (Fsp3) is 1.00. The van der Waals surface area contributed by atoms with Gasteiger partial charge < -0.3 is 14.6 Å². The second-order valence-corrected chi connectivity index (χ2v) is 3.43. The first-order valence-electron chi connectivity index (χ1n) is 3.81. The number of aliphatic hydroxyl groups is 1. The van der Waals surface area contributed by atoms with Gasteiger partial charge in [0.15, 0.2) is 6.29 Å². The first-order valence-corrected chi connectivity index (χ1v) is 3.81. The second-order valence-electron chi connectivity index (χ2n) is 3.43. The van der Waals surface area contributed by atoms with E-state index >= 15 is 0 Å². The number of fused-ring (bicyclic) bond motifs is 4. The number of hydrogen-bond donors (Lipinski definition) is 1. The summed E-state index contributed by atoms with van der Waals surface area (Å²) in [5.74, 6) is 1.10. The predicted molar refractivity (Wildman–Crippen MR) is 32.2 cm³/mol. The summed E-state index contributed by atoms with van der Waals surface area (Å²) in [6, 6.07) is 0. The quantitative estimate of drug-likeness (QED) is 0.506. The lowest BCUT2D eigenvalue weighted by Crippen LogP contribution is -2.34. The van der Waals surface area contributed by atoms with E-state index in [1.165, 1.54) is 0 Å². The summed E-state index contributed by atoms with van der Waals surface area (Å²) >= 11 is 0. The van der Waals surface area contributed by atoms with Crippen molar-refractivity contribution in [3.8, 4) is 0 Å². The lowest BCUT2D eigenvalue weighted by molar-refractivity contribution is -0.157. The van der Waals surface area contributed by atoms with E-state index in [9.17, 15) is 5.11 Å². The van der Waals surface area contributed by atoms with Crippen molar-refractivity contribution in [3.63, 3.8) is 0 Å². The highest BCUT2D eigenvalue weighted by Gasteiger charge is 2.58. The van der Waals surface area contributed by atoms with Gasteiger partial charge in [-0.15, -0.1) is 0 Å². The van der Waals surface area contributed by atoms with E-state index in [-0.39, 0.29) is 12.4 Å². The van der Waals surface area contributed by atoms with E-state index in [1.807, 2.05) is 0 Å². The SMILES string of the molecule is OC1C2C[C@@H]2C2CO[C@@H]1O2. The lowest BCUT2D eigenvalue weighted by atomic mass is 10.1. The number of rotatable bonds is 0. The molecule has 5 atom stereocenters. The third-order valence-corrected chi connectivity index (χ3v) is 2.82. The Morgan fingerprint density at radius 3 is 3.10 bits per heavy atom. The van der Waals surface area contributed by atoms with Crippen molar-refractivity contribution in [2.24, 2.45) is 11.8 Å². The Labute approximate surface area is 58.9 Å². The van der Waals surface area contributed by atoms with E-state index in [2.05, 4.69) is 0 Å². The van der Waals surface area contributed by atoms with Gasteiger partial charge in [0.25, 0.3) is 0 Å². The molecule has 3 fully saturated rings. The molecule has 10 heavy (non-hydrogen) atoms. The van der Waals surface area contributed by atoms with Gasteiger partial charge in [0, 0.05) is 0 Å². The average molecular weight is 142 g/mol. The number of hydrogen-bond acceptors (Lipinski definition) is 3. The summed E-state index contributed by atoms with van der Waals surface area (Å²) < 4.78 is 10.6. The van der Waals surface area contributed by atoms with Crippen LogP contribution in [0, 0.1) is 11.8 Å². The van der Waals surface area contributed by atoms with Crippen LogP contribution >= 0.6 is 0 Å². The molecule has 2 bridgehead atoms. The highest BCUT2D eigenvalue weighted by molar-refractivity contribution is 5.03. The summed E-state index contributed by atoms with van der Waals surface area (Å²) in [6.07, 6.45) is 0.807. The first kappa shape index (κ1) is 5.52. The van der Waals surface area contributed by atoms with Gasteiger partial charge in [-0.3, -0.25) is 0 Å². The molecule has 3 rings (SSSR count). The molecule has 1 N–H and O–H groups in total. The van der Waals surface area contributed by atoms with Crippen molar-refractivity contribution in [2.45, 2.75) is 24.9 Å². The van der Waals surface area contributed by atoms with Crippen molar-refractivity contribution in [1.82, 2.24) is 0 Å². The van der Waals surface area contributed by atoms with Crippen LogP contribution in [0.15, 0.2) is 0 Å². The van der Waals surface area contributed by atoms with Gasteiger partial charge in [0.05, 0.1) is 12.7 Å². The van der Waals surface area contributed by atoms with Crippen LogP contribution in [0.4, 0.5) is 0 Å². The Morgan fingerprint density at radius 2 is 2.20 bits per heavy atom. The molecule has 56 valence electrons. The Hall–Kier alpha value is -0.120. The van der Waals surface area contributed by atoms with E-state index in [0.29, 0.717) is 24.5 Å². The largest absolute Gasteiger partial charge is 0.388 e. The molecule has 1 saturated carbocycles. The van der Waals surface area contributed by atoms with E-state index < -0.39 is 0 Å². The Bertz CT molecular complexity index is 168. The van der Waals surface area contributed by atoms with Gasteiger partial charge in [-0.05, 0) is 18.3 Å². The molecule has 0 radical (unpaired) electrons. The summed E-state index contributed by atoms with van der Waals surface area (Å²) in [7, 11) is 0. The van der Waals surface area contributed by atoms with Gasteiger partial charge in [-0.25, -0.2) is 0 Å². The van der Waals surface area contributed by atoms with Crippen LogP contribution < -0.4 is 0 Å². The van der Waals surface area contributed by atoms with Crippen LogP contribution in [-0.4, -0.2) is 30.2 Å². The zero-order chi connectivity index (χ0) is 6.72. The van der Waals surface area contributed by atoms with Crippen molar-refractivity contribution in [3.05, 3.63) is 0 Å². The monoisotopic (exact) mass is 142 g/mol. The molecule has 0 aromatic carbocycles. The first-order chi connectivity index (χ1) is 4.86. The zero-order valence-electron chi connectivity index (χ0n) is 5.56. The maximum absolute atomic E-state index is 9.46. The molecule has 0 aromatic rings. The van der Waals surface area contributed by atoms with E-state index in [4.69, 9.17) is 9.47 Å². The van der Waals surface area contributed by atoms with Crippen LogP contribution in [0.5, 0.6) is 0 Å². The summed E-state index contributed by atoms with van der Waals surface area (Å²) in [6.45, 7) is 0.697. The fourth-order valence-corrected chi connectivity index (χ4v) is 2.10. The van der Waals surface area contributed by atoms with Crippen molar-refractivity contribution in [2.75, 3.05) is 6.61 Å². The summed E-state index contributed by atoms with van der Waals surface area (Å²) in [5.41, 5.74) is 0. The predicted octanol–water partition coefficient (Wildman–Crippen LogP) is -0.262. The fourth-order valence-electron chi connectivity index (χ4n) is 2.10. The van der Waals surface area contributed by atoms with Crippen LogP contribution in [0.1, 0.15) is 6.42 Å². The van der Waals surface area contributed by atoms with Crippen molar-refractivity contribution < 1.29 is 14.6 Å². The average Bonchev–Trinajstić information content (AvgIpc) is 2.61. The van der Waals surface area contributed by atoms with Crippen molar-refractivity contribution in [1.29, 1.82) is 0 Å². The maximum Gasteiger partial charge on any atom is 0.184 e. The van der Waals surface area contributed by atoms with Crippen LogP contribution in [0.2, 0.25) is 0 Å². The molecular weight excluding hydrogens is 132 g/mol. The standard InChI is InChI=1S/C7H10O3/c8-6-4-1-3(4)5-2-9-7(6)10-5/h3-8H,1-2H2/t3-,4?,5?,6?,7+/m0/s1. The van der Waals surface area contributed by atoms with Gasteiger partial charge >= 0.3 is 0 Å². The maximum atomic E-state index is 9.46. The normalized spacial score (nSPS) is 63.9. The molecule has 0 aromatic heterocycles. The second kappa shape index (κ2) is 1.55. The molecule has 0 spiro atoms. The molecule has 2 heterocycles. The van der Waals surface area contributed by atoms with Crippen LogP contribution in [-0.2, 0) is 9.47 Å². The molecule has 3 nitrogen and oxygen atoms in total. The van der Waals surface area contributed by atoms with E-state index in [1.54, 1.807) is 0 Å². The van der Waals surface area contributed by atoms with Crippen molar-refractivity contribution >= 4 is 0 Å². The zero-order valence-corrected chi connectivity index (χ0v) is 5.56. The minimum absolute atomic E-state index is 0.297. The highest BCUT2D eigenvalue weighted by atomic mass is 16.7. The topological polar surface area (TPSA) is 38.7 Å². The minimum atomic E-state index is -0.344. The number of aliphatic hydroxyl groups excluding tert-OH is 1. The van der Waals surface area contributed by atoms with Gasteiger partial charge in [0.2, 0.25) is 0 Å². The minimum Gasteiger partial charge on any atom is -0.388 e. The molecule has 3 unspecified atom stereocenters. The third kappa shape index (κ3) is 0.516. The molecule has 2 aliphatic heterocycles. The van der Waals surface area contributed by atoms with Gasteiger partial charge in [0.1, 0.15) is 6.10 Å². The van der Waals surface area contributed by atoms with Crippen LogP contribution in [0.3, 0.4) is 0 Å². The Morgan fingerprint density at radius 1 is 1.30 bits per heavy atom. The van der Waals surface area contributed by atoms with Gasteiger partial charge in [-0.1, -0.05) is 0 Å². The molecule has 2 saturated heterocycles. The molecule has 1 aliphatic carbocycles.